The number of amides is 1. The van der Waals surface area contributed by atoms with Crippen molar-refractivity contribution in [1.82, 2.24) is 5.32 Å². The molecule has 0 spiro atoms. The molecule has 2 N–H and O–H groups in total. The molecule has 1 amide bonds. The van der Waals surface area contributed by atoms with Gasteiger partial charge >= 0.3 is 5.97 Å². The summed E-state index contributed by atoms with van der Waals surface area (Å²) < 4.78 is 0. The van der Waals surface area contributed by atoms with Crippen LogP contribution in [0.1, 0.15) is 6.92 Å². The second kappa shape index (κ2) is 7.21. The molecule has 60 valence electrons. The molecule has 6 heteroatoms. The number of nitrogens with one attached hydrogen (secondary N) is 1. The van der Waals surface area contributed by atoms with Gasteiger partial charge in [-0.25, -0.2) is 4.79 Å². The molecule has 0 aromatic heterocycles. The summed E-state index contributed by atoms with van der Waals surface area (Å²) in [5.74, 6) is -1.32. The van der Waals surface area contributed by atoms with Gasteiger partial charge in [0.15, 0.2) is 0 Å². The molecule has 2 radical (unpaired) electrons. The molecule has 0 saturated carbocycles. The third kappa shape index (κ3) is 6.93. The normalized spacial score (nSPS) is 11.1. The first-order chi connectivity index (χ1) is 4.57. The Balaban J connectivity index is 0. The van der Waals surface area contributed by atoms with Crippen LogP contribution in [0.15, 0.2) is 0 Å². The Bertz CT molecular complexity index is 153. The third-order valence-electron chi connectivity index (χ3n) is 0.858. The minimum atomic E-state index is -1.06. The molecular weight excluding hydrogens is 194 g/mol. The number of carboxylic acid groups (broad SMARTS) is 1. The van der Waals surface area contributed by atoms with E-state index in [9.17, 15) is 9.59 Å². The van der Waals surface area contributed by atoms with Crippen LogP contribution < -0.4 is 5.32 Å². The molecule has 4 nitrogen and oxygen atoms in total. The Morgan fingerprint density at radius 1 is 1.64 bits per heavy atom. The van der Waals surface area contributed by atoms with E-state index in [-0.39, 0.29) is 49.4 Å². The van der Waals surface area contributed by atoms with Gasteiger partial charge in [-0.05, 0) is 0 Å². The van der Waals surface area contributed by atoms with E-state index in [0.29, 0.717) is 0 Å². The van der Waals surface area contributed by atoms with Crippen molar-refractivity contribution in [1.29, 1.82) is 0 Å². The van der Waals surface area contributed by atoms with Gasteiger partial charge in [0.25, 0.3) is 0 Å². The maximum atomic E-state index is 10.3. The van der Waals surface area contributed by atoms with Gasteiger partial charge in [-0.3, -0.25) is 4.79 Å². The monoisotopic (exact) mass is 203 g/mol. The predicted molar refractivity (Wildman–Crippen MR) is 44.8 cm³/mol. The molecule has 0 heterocycles. The quantitative estimate of drug-likeness (QED) is 0.412. The summed E-state index contributed by atoms with van der Waals surface area (Å²) >= 11 is 3.73. The minimum Gasteiger partial charge on any atom is -0.480 e. The number of carboxylic acids is 1. The zero-order valence-electron chi connectivity index (χ0n) is 6.20. The van der Waals surface area contributed by atoms with E-state index in [4.69, 9.17) is 5.11 Å². The van der Waals surface area contributed by atoms with Crippen molar-refractivity contribution in [3.8, 4) is 0 Å². The van der Waals surface area contributed by atoms with Gasteiger partial charge in [0.05, 0.1) is 0 Å². The molecule has 0 aromatic rings. The van der Waals surface area contributed by atoms with E-state index in [1.54, 1.807) is 0 Å². The second-order valence-corrected chi connectivity index (χ2v) is 2.14. The fourth-order valence-electron chi connectivity index (χ4n) is 0.431. The zero-order chi connectivity index (χ0) is 8.15. The number of rotatable bonds is 3. The first-order valence-electron chi connectivity index (χ1n) is 2.68. The molecule has 0 unspecified atom stereocenters. The van der Waals surface area contributed by atoms with Crippen LogP contribution in [-0.2, 0) is 9.59 Å². The maximum Gasteiger partial charge on any atom is 0.327 e. The second-order valence-electron chi connectivity index (χ2n) is 1.77. The average Bonchev–Trinajstić information content (AvgIpc) is 1.81. The first-order valence-corrected chi connectivity index (χ1v) is 3.32. The van der Waals surface area contributed by atoms with Crippen LogP contribution in [0.4, 0.5) is 0 Å². The molecule has 0 rings (SSSR count). The van der Waals surface area contributed by atoms with Crippen molar-refractivity contribution in [2.45, 2.75) is 13.0 Å². The van der Waals surface area contributed by atoms with Crippen molar-refractivity contribution in [3.63, 3.8) is 0 Å². The molecular formula is C5H9CaNO3S. The van der Waals surface area contributed by atoms with Crippen LogP contribution >= 0.6 is 12.6 Å². The molecule has 11 heavy (non-hydrogen) atoms. The zero-order valence-corrected chi connectivity index (χ0v) is 9.31. The Hall–Kier alpha value is 0.550. The summed E-state index contributed by atoms with van der Waals surface area (Å²) in [6.07, 6.45) is 0. The smallest absolute Gasteiger partial charge is 0.327 e. The van der Waals surface area contributed by atoms with Crippen LogP contribution in [0, 0.1) is 0 Å². The van der Waals surface area contributed by atoms with Crippen LogP contribution in [0.25, 0.3) is 0 Å². The summed E-state index contributed by atoms with van der Waals surface area (Å²) in [6, 6.07) is -0.874. The number of aliphatic carboxylic acids is 1. The molecule has 0 saturated heterocycles. The Morgan fingerprint density at radius 2 is 2.09 bits per heavy atom. The fraction of sp³-hybridized carbons (Fsp3) is 0.600. The van der Waals surface area contributed by atoms with E-state index in [2.05, 4.69) is 17.9 Å². The molecule has 0 aliphatic carbocycles. The van der Waals surface area contributed by atoms with Gasteiger partial charge in [-0.1, -0.05) is 0 Å². The number of hydrogen-bond acceptors (Lipinski definition) is 3. The Morgan fingerprint density at radius 3 is 2.18 bits per heavy atom. The van der Waals surface area contributed by atoms with E-state index in [1.165, 1.54) is 6.92 Å². The SMILES string of the molecule is CC(=O)N[C@@H](CS)C(=O)O.[Ca]. The van der Waals surface area contributed by atoms with Crippen LogP contribution in [0.3, 0.4) is 0 Å². The van der Waals surface area contributed by atoms with Crippen LogP contribution in [-0.4, -0.2) is 66.5 Å². The molecule has 0 aliphatic heterocycles. The topological polar surface area (TPSA) is 66.4 Å². The molecule has 0 fully saturated rings. The van der Waals surface area contributed by atoms with Crippen LogP contribution in [0.2, 0.25) is 0 Å². The van der Waals surface area contributed by atoms with Crippen LogP contribution in [0.5, 0.6) is 0 Å². The summed E-state index contributed by atoms with van der Waals surface area (Å²) in [5.41, 5.74) is 0. The van der Waals surface area contributed by atoms with Gasteiger partial charge < -0.3 is 10.4 Å². The summed E-state index contributed by atoms with van der Waals surface area (Å²) in [6.45, 7) is 1.26. The van der Waals surface area contributed by atoms with Gasteiger partial charge in [0.1, 0.15) is 6.04 Å². The largest absolute Gasteiger partial charge is 0.480 e. The van der Waals surface area contributed by atoms with Crippen molar-refractivity contribution >= 4 is 62.2 Å². The van der Waals surface area contributed by atoms with Crippen molar-refractivity contribution in [2.75, 3.05) is 5.75 Å². The van der Waals surface area contributed by atoms with E-state index < -0.39 is 12.0 Å². The van der Waals surface area contributed by atoms with Gasteiger partial charge in [0.2, 0.25) is 5.91 Å². The molecule has 0 aromatic carbocycles. The Labute approximate surface area is 100 Å². The van der Waals surface area contributed by atoms with E-state index in [0.717, 1.165) is 0 Å². The van der Waals surface area contributed by atoms with Gasteiger partial charge in [0, 0.05) is 50.4 Å². The minimum absolute atomic E-state index is 0. The van der Waals surface area contributed by atoms with Crippen molar-refractivity contribution in [2.24, 2.45) is 0 Å². The number of carbonyl (C=O) groups is 2. The summed E-state index contributed by atoms with van der Waals surface area (Å²) in [5, 5.41) is 10.6. The average molecular weight is 203 g/mol. The maximum absolute atomic E-state index is 10.3. The van der Waals surface area contributed by atoms with Crippen molar-refractivity contribution in [3.05, 3.63) is 0 Å². The first kappa shape index (κ1) is 14.1. The number of carbonyl (C=O) groups excluding carboxylic acids is 1. The van der Waals surface area contributed by atoms with E-state index in [1.807, 2.05) is 0 Å². The third-order valence-corrected chi connectivity index (χ3v) is 1.22. The molecule has 0 aliphatic rings. The molecule has 1 atom stereocenters. The van der Waals surface area contributed by atoms with Gasteiger partial charge in [-0.2, -0.15) is 12.6 Å². The van der Waals surface area contributed by atoms with Gasteiger partial charge in [-0.15, -0.1) is 0 Å². The fourth-order valence-corrected chi connectivity index (χ4v) is 0.678. The van der Waals surface area contributed by atoms with E-state index >= 15 is 0 Å². The predicted octanol–water partition coefficient (Wildman–Crippen LogP) is -0.875. The number of thiol groups is 1. The standard InChI is InChI=1S/C5H9NO3S.Ca/c1-3(7)6-4(2-10)5(8)9;/h4,10H,2H2,1H3,(H,6,7)(H,8,9);/t4-;/m0./s1. The molecule has 0 bridgehead atoms. The Kier molecular flexibility index (Phi) is 9.24. The summed E-state index contributed by atoms with van der Waals surface area (Å²) in [4.78, 5) is 20.5. The number of hydrogen-bond donors (Lipinski definition) is 3. The summed E-state index contributed by atoms with van der Waals surface area (Å²) in [7, 11) is 0. The van der Waals surface area contributed by atoms with Crippen molar-refractivity contribution < 1.29 is 14.7 Å².